The maximum atomic E-state index is 12.8. The Morgan fingerprint density at radius 2 is 2.04 bits per heavy atom. The lowest BCUT2D eigenvalue weighted by Gasteiger charge is -2.27. The third-order valence-electron chi connectivity index (χ3n) is 5.27. The van der Waals surface area contributed by atoms with Crippen LogP contribution in [0.15, 0.2) is 46.6 Å². The third kappa shape index (κ3) is 3.86. The largest absolute Gasteiger partial charge is 0.466 e. The number of carbonyl (C=O) groups excluding carboxylic acids is 1. The number of piperidine rings is 1. The molecule has 28 heavy (non-hydrogen) atoms. The highest BCUT2D eigenvalue weighted by Crippen LogP contribution is 2.23. The molecular formula is C21H24N3O3S+. The molecule has 0 saturated carbocycles. The van der Waals surface area contributed by atoms with Crippen LogP contribution in [0.5, 0.6) is 0 Å². The van der Waals surface area contributed by atoms with E-state index in [9.17, 15) is 9.59 Å². The third-order valence-corrected chi connectivity index (χ3v) is 6.10. The van der Waals surface area contributed by atoms with Gasteiger partial charge in [-0.2, -0.15) is 0 Å². The minimum Gasteiger partial charge on any atom is -0.466 e. The van der Waals surface area contributed by atoms with E-state index in [-0.39, 0.29) is 17.4 Å². The maximum absolute atomic E-state index is 12.8. The molecule has 1 saturated heterocycles. The van der Waals surface area contributed by atoms with Crippen LogP contribution in [0.25, 0.3) is 16.2 Å². The minimum absolute atomic E-state index is 0.00971. The second-order valence-corrected chi connectivity index (χ2v) is 7.98. The summed E-state index contributed by atoms with van der Waals surface area (Å²) in [7, 11) is 0. The number of rotatable bonds is 5. The second-order valence-electron chi connectivity index (χ2n) is 7.14. The molecule has 7 heteroatoms. The molecule has 1 N–H and O–H groups in total. The smallest absolute Gasteiger partial charge is 0.309 e. The average molecular weight is 399 g/mol. The van der Waals surface area contributed by atoms with E-state index in [1.54, 1.807) is 10.5 Å². The van der Waals surface area contributed by atoms with E-state index in [0.717, 1.165) is 47.8 Å². The van der Waals surface area contributed by atoms with Crippen LogP contribution in [0.2, 0.25) is 0 Å². The number of fused-ring (bicyclic) bond motifs is 1. The number of quaternary nitrogens is 1. The van der Waals surface area contributed by atoms with Crippen molar-refractivity contribution >= 4 is 22.3 Å². The summed E-state index contributed by atoms with van der Waals surface area (Å²) in [6.45, 7) is 4.77. The van der Waals surface area contributed by atoms with Crippen LogP contribution in [-0.4, -0.2) is 35.1 Å². The maximum Gasteiger partial charge on any atom is 0.309 e. The SMILES string of the molecule is CCOC(=O)C1CC[NH+](Cc2cc(=O)n3c(-c4ccccc4)csc3n2)CC1. The summed E-state index contributed by atoms with van der Waals surface area (Å²) < 4.78 is 6.82. The van der Waals surface area contributed by atoms with E-state index >= 15 is 0 Å². The van der Waals surface area contributed by atoms with Gasteiger partial charge in [-0.15, -0.1) is 11.3 Å². The Bertz CT molecular complexity index is 1020. The number of esters is 1. The number of nitrogens with zero attached hydrogens (tertiary/aromatic N) is 2. The van der Waals surface area contributed by atoms with Crippen LogP contribution >= 0.6 is 11.3 Å². The number of nitrogens with one attached hydrogen (secondary N) is 1. The molecule has 0 atom stereocenters. The molecule has 1 aliphatic rings. The van der Waals surface area contributed by atoms with Gasteiger partial charge in [0.2, 0.25) is 0 Å². The van der Waals surface area contributed by atoms with Gasteiger partial charge in [0.25, 0.3) is 5.56 Å². The van der Waals surface area contributed by atoms with Gasteiger partial charge in [0, 0.05) is 24.3 Å². The fraction of sp³-hybridized carbons (Fsp3) is 0.381. The van der Waals surface area contributed by atoms with Crippen molar-refractivity contribution in [3.8, 4) is 11.3 Å². The summed E-state index contributed by atoms with van der Waals surface area (Å²) in [4.78, 5) is 31.5. The molecule has 0 radical (unpaired) electrons. The number of thiazole rings is 1. The van der Waals surface area contributed by atoms with Crippen molar-refractivity contribution in [1.82, 2.24) is 9.38 Å². The summed E-state index contributed by atoms with van der Waals surface area (Å²) in [5, 5.41) is 1.99. The molecule has 2 aromatic heterocycles. The van der Waals surface area contributed by atoms with E-state index in [0.29, 0.717) is 13.2 Å². The highest BCUT2D eigenvalue weighted by Gasteiger charge is 2.28. The van der Waals surface area contributed by atoms with Gasteiger partial charge in [0.15, 0.2) is 4.96 Å². The van der Waals surface area contributed by atoms with E-state index in [2.05, 4.69) is 0 Å². The van der Waals surface area contributed by atoms with Gasteiger partial charge >= 0.3 is 5.97 Å². The van der Waals surface area contributed by atoms with Crippen molar-refractivity contribution in [3.63, 3.8) is 0 Å². The summed E-state index contributed by atoms with van der Waals surface area (Å²) >= 11 is 1.49. The van der Waals surface area contributed by atoms with Crippen molar-refractivity contribution in [2.45, 2.75) is 26.3 Å². The number of aromatic nitrogens is 2. The molecule has 146 valence electrons. The van der Waals surface area contributed by atoms with E-state index in [1.807, 2.05) is 42.6 Å². The van der Waals surface area contributed by atoms with Gasteiger partial charge < -0.3 is 9.64 Å². The number of likely N-dealkylation sites (tertiary alicyclic amines) is 1. The van der Waals surface area contributed by atoms with Crippen LogP contribution in [0, 0.1) is 5.92 Å². The Hall–Kier alpha value is -2.51. The van der Waals surface area contributed by atoms with Crippen molar-refractivity contribution in [3.05, 3.63) is 57.8 Å². The number of benzene rings is 1. The predicted molar refractivity (Wildman–Crippen MR) is 109 cm³/mol. The topological polar surface area (TPSA) is 65.1 Å². The Kier molecular flexibility index (Phi) is 5.54. The lowest BCUT2D eigenvalue weighted by Crippen LogP contribution is -3.11. The van der Waals surface area contributed by atoms with E-state index in [1.165, 1.54) is 16.2 Å². The standard InChI is InChI=1S/C21H23N3O3S/c1-2-27-20(26)16-8-10-23(11-9-16)13-17-12-19(25)24-18(14-28-21(24)22-17)15-6-4-3-5-7-15/h3-7,12,14,16H,2,8-11,13H2,1H3/p+1. The number of ether oxygens (including phenoxy) is 1. The van der Waals surface area contributed by atoms with E-state index < -0.39 is 0 Å². The van der Waals surface area contributed by atoms with Crippen molar-refractivity contribution in [2.24, 2.45) is 5.92 Å². The van der Waals surface area contributed by atoms with Crippen LogP contribution in [0.1, 0.15) is 25.5 Å². The molecular weight excluding hydrogens is 374 g/mol. The zero-order chi connectivity index (χ0) is 19.5. The highest BCUT2D eigenvalue weighted by molar-refractivity contribution is 7.15. The lowest BCUT2D eigenvalue weighted by atomic mass is 9.97. The van der Waals surface area contributed by atoms with Crippen LogP contribution < -0.4 is 10.5 Å². The Morgan fingerprint density at radius 3 is 2.75 bits per heavy atom. The molecule has 4 rings (SSSR count). The fourth-order valence-electron chi connectivity index (χ4n) is 3.82. The molecule has 3 aromatic rings. The number of hydrogen-bond donors (Lipinski definition) is 1. The Labute approximate surface area is 167 Å². The Morgan fingerprint density at radius 1 is 1.29 bits per heavy atom. The van der Waals surface area contributed by atoms with Gasteiger partial charge in [-0.25, -0.2) is 4.98 Å². The molecule has 1 aliphatic heterocycles. The summed E-state index contributed by atoms with van der Waals surface area (Å²) in [5.41, 5.74) is 2.67. The molecule has 1 fully saturated rings. The quantitative estimate of drug-likeness (QED) is 0.666. The Balaban J connectivity index is 1.49. The fourth-order valence-corrected chi connectivity index (χ4v) is 4.74. The van der Waals surface area contributed by atoms with Gasteiger partial charge in [0.1, 0.15) is 12.2 Å². The molecule has 6 nitrogen and oxygen atoms in total. The average Bonchev–Trinajstić information content (AvgIpc) is 3.14. The van der Waals surface area contributed by atoms with Crippen molar-refractivity contribution < 1.29 is 14.4 Å². The molecule has 0 bridgehead atoms. The zero-order valence-electron chi connectivity index (χ0n) is 15.9. The molecule has 3 heterocycles. The van der Waals surface area contributed by atoms with Gasteiger partial charge in [0.05, 0.1) is 31.3 Å². The monoisotopic (exact) mass is 398 g/mol. The molecule has 0 aliphatic carbocycles. The van der Waals surface area contributed by atoms with Crippen molar-refractivity contribution in [2.75, 3.05) is 19.7 Å². The zero-order valence-corrected chi connectivity index (χ0v) is 16.7. The summed E-state index contributed by atoms with van der Waals surface area (Å²) in [6.07, 6.45) is 1.65. The highest BCUT2D eigenvalue weighted by atomic mass is 32.1. The van der Waals surface area contributed by atoms with Crippen LogP contribution in [0.3, 0.4) is 0 Å². The first-order chi connectivity index (χ1) is 13.7. The summed E-state index contributed by atoms with van der Waals surface area (Å²) in [6, 6.07) is 11.5. The lowest BCUT2D eigenvalue weighted by molar-refractivity contribution is -0.919. The molecule has 0 spiro atoms. The second kappa shape index (κ2) is 8.24. The molecule has 1 aromatic carbocycles. The first-order valence-electron chi connectivity index (χ1n) is 9.71. The number of carbonyl (C=O) groups is 1. The predicted octanol–water partition coefficient (Wildman–Crippen LogP) is 1.78. The first kappa shape index (κ1) is 18.8. The normalized spacial score (nSPS) is 19.6. The molecule has 0 amide bonds. The molecule has 0 unspecified atom stereocenters. The van der Waals surface area contributed by atoms with Crippen LogP contribution in [0.4, 0.5) is 0 Å². The van der Waals surface area contributed by atoms with E-state index in [4.69, 9.17) is 9.72 Å². The van der Waals surface area contributed by atoms with Gasteiger partial charge in [-0.3, -0.25) is 14.0 Å². The van der Waals surface area contributed by atoms with Gasteiger partial charge in [-0.05, 0) is 12.5 Å². The first-order valence-corrected chi connectivity index (χ1v) is 10.6. The van der Waals surface area contributed by atoms with Gasteiger partial charge in [-0.1, -0.05) is 30.3 Å². The van der Waals surface area contributed by atoms with Crippen LogP contribution in [-0.2, 0) is 16.1 Å². The minimum atomic E-state index is -0.0774. The summed E-state index contributed by atoms with van der Waals surface area (Å²) in [5.74, 6) is -0.0677. The number of hydrogen-bond acceptors (Lipinski definition) is 5. The van der Waals surface area contributed by atoms with Crippen molar-refractivity contribution in [1.29, 1.82) is 0 Å².